The quantitative estimate of drug-likeness (QED) is 0.796. The van der Waals surface area contributed by atoms with Gasteiger partial charge in [-0.15, -0.1) is 0 Å². The van der Waals surface area contributed by atoms with Crippen molar-refractivity contribution in [3.8, 4) is 11.5 Å². The predicted molar refractivity (Wildman–Crippen MR) is 91.4 cm³/mol. The van der Waals surface area contributed by atoms with Gasteiger partial charge in [0, 0.05) is 5.56 Å². The van der Waals surface area contributed by atoms with Crippen molar-refractivity contribution in [2.24, 2.45) is 0 Å². The first kappa shape index (κ1) is 16.9. The molecule has 0 spiro atoms. The van der Waals surface area contributed by atoms with Crippen LogP contribution in [0, 0.1) is 13.8 Å². The van der Waals surface area contributed by atoms with Gasteiger partial charge in [0.15, 0.2) is 0 Å². The highest BCUT2D eigenvalue weighted by Crippen LogP contribution is 2.19. The Morgan fingerprint density at radius 1 is 1.04 bits per heavy atom. The zero-order valence-corrected chi connectivity index (χ0v) is 13.9. The number of carbonyl (C=O) groups excluding carboxylic acids is 1. The van der Waals surface area contributed by atoms with Gasteiger partial charge in [0.25, 0.3) is 5.91 Å². The molecular formula is C19H23NO3. The van der Waals surface area contributed by atoms with Gasteiger partial charge in [0.05, 0.1) is 13.2 Å². The van der Waals surface area contributed by atoms with Gasteiger partial charge < -0.3 is 14.8 Å². The maximum Gasteiger partial charge on any atom is 0.251 e. The molecule has 0 unspecified atom stereocenters. The topological polar surface area (TPSA) is 47.6 Å². The fourth-order valence-corrected chi connectivity index (χ4v) is 2.18. The van der Waals surface area contributed by atoms with Gasteiger partial charge in [0.1, 0.15) is 18.1 Å². The molecule has 23 heavy (non-hydrogen) atoms. The molecule has 0 heterocycles. The molecule has 2 aromatic rings. The molecule has 1 amide bonds. The van der Waals surface area contributed by atoms with Crippen LogP contribution >= 0.6 is 0 Å². The fraction of sp³-hybridized carbons (Fsp3) is 0.316. The summed E-state index contributed by atoms with van der Waals surface area (Å²) in [6, 6.07) is 13.3. The summed E-state index contributed by atoms with van der Waals surface area (Å²) in [5, 5.41) is 2.85. The van der Waals surface area contributed by atoms with Gasteiger partial charge in [-0.25, -0.2) is 0 Å². The Balaban J connectivity index is 1.80. The smallest absolute Gasteiger partial charge is 0.251 e. The highest BCUT2D eigenvalue weighted by molar-refractivity contribution is 5.94. The predicted octanol–water partition coefficient (Wildman–Crippen LogP) is 3.51. The summed E-state index contributed by atoms with van der Waals surface area (Å²) >= 11 is 0. The van der Waals surface area contributed by atoms with Crippen molar-refractivity contribution in [2.45, 2.75) is 20.8 Å². The average Bonchev–Trinajstić information content (AvgIpc) is 2.55. The van der Waals surface area contributed by atoms with Crippen LogP contribution in [0.4, 0.5) is 0 Å². The lowest BCUT2D eigenvalue weighted by molar-refractivity contribution is 0.0947. The molecule has 0 aliphatic rings. The molecule has 2 rings (SSSR count). The summed E-state index contributed by atoms with van der Waals surface area (Å²) in [6.45, 7) is 7.41. The summed E-state index contributed by atoms with van der Waals surface area (Å²) in [7, 11) is 0. The van der Waals surface area contributed by atoms with E-state index in [0.29, 0.717) is 25.3 Å². The SMILES string of the molecule is CCOc1ccc(C(=O)NCCOc2ccc(C)cc2)cc1C. The van der Waals surface area contributed by atoms with Crippen LogP contribution in [-0.4, -0.2) is 25.7 Å². The van der Waals surface area contributed by atoms with E-state index in [1.165, 1.54) is 5.56 Å². The lowest BCUT2D eigenvalue weighted by Crippen LogP contribution is -2.28. The third kappa shape index (κ3) is 5.02. The van der Waals surface area contributed by atoms with E-state index in [1.807, 2.05) is 57.2 Å². The Morgan fingerprint density at radius 3 is 2.43 bits per heavy atom. The van der Waals surface area contributed by atoms with Gasteiger partial charge in [-0.3, -0.25) is 4.79 Å². The molecule has 1 N–H and O–H groups in total. The normalized spacial score (nSPS) is 10.2. The van der Waals surface area contributed by atoms with Crippen molar-refractivity contribution in [1.82, 2.24) is 5.32 Å². The molecule has 0 saturated carbocycles. The molecule has 0 aliphatic carbocycles. The first-order valence-electron chi connectivity index (χ1n) is 7.81. The number of carbonyl (C=O) groups is 1. The lowest BCUT2D eigenvalue weighted by atomic mass is 10.1. The van der Waals surface area contributed by atoms with E-state index in [0.717, 1.165) is 17.1 Å². The molecule has 122 valence electrons. The summed E-state index contributed by atoms with van der Waals surface area (Å²) in [5.41, 5.74) is 2.77. The number of rotatable bonds is 7. The number of amides is 1. The Bertz CT molecular complexity index is 650. The van der Waals surface area contributed by atoms with E-state index in [1.54, 1.807) is 6.07 Å². The standard InChI is InChI=1S/C19H23NO3/c1-4-22-18-10-7-16(13-15(18)3)19(21)20-11-12-23-17-8-5-14(2)6-9-17/h5-10,13H,4,11-12H2,1-3H3,(H,20,21). The molecule has 4 nitrogen and oxygen atoms in total. The minimum atomic E-state index is -0.108. The Labute approximate surface area is 137 Å². The van der Waals surface area contributed by atoms with Crippen LogP contribution in [0.3, 0.4) is 0 Å². The maximum absolute atomic E-state index is 12.1. The molecule has 0 fully saturated rings. The minimum Gasteiger partial charge on any atom is -0.494 e. The summed E-state index contributed by atoms with van der Waals surface area (Å²) in [4.78, 5) is 12.1. The summed E-state index contributed by atoms with van der Waals surface area (Å²) in [6.07, 6.45) is 0. The number of hydrogen-bond acceptors (Lipinski definition) is 3. The largest absolute Gasteiger partial charge is 0.494 e. The van der Waals surface area contributed by atoms with Crippen molar-refractivity contribution >= 4 is 5.91 Å². The molecule has 0 saturated heterocycles. The Morgan fingerprint density at radius 2 is 1.78 bits per heavy atom. The molecule has 2 aromatic carbocycles. The highest BCUT2D eigenvalue weighted by Gasteiger charge is 2.07. The van der Waals surface area contributed by atoms with Crippen molar-refractivity contribution in [3.63, 3.8) is 0 Å². The molecule has 0 aliphatic heterocycles. The third-order valence-electron chi connectivity index (χ3n) is 3.41. The van der Waals surface area contributed by atoms with Crippen LogP contribution < -0.4 is 14.8 Å². The van der Waals surface area contributed by atoms with Gasteiger partial charge in [0.2, 0.25) is 0 Å². The number of aryl methyl sites for hydroxylation is 2. The molecule has 0 atom stereocenters. The van der Waals surface area contributed by atoms with Crippen LogP contribution in [0.25, 0.3) is 0 Å². The second kappa shape index (κ2) is 8.22. The minimum absolute atomic E-state index is 0.108. The average molecular weight is 313 g/mol. The van der Waals surface area contributed by atoms with Crippen molar-refractivity contribution in [2.75, 3.05) is 19.8 Å². The van der Waals surface area contributed by atoms with E-state index in [-0.39, 0.29) is 5.91 Å². The van der Waals surface area contributed by atoms with Crippen LogP contribution in [0.15, 0.2) is 42.5 Å². The molecule has 0 radical (unpaired) electrons. The zero-order chi connectivity index (χ0) is 16.7. The second-order valence-electron chi connectivity index (χ2n) is 5.33. The van der Waals surface area contributed by atoms with E-state index in [4.69, 9.17) is 9.47 Å². The molecule has 0 bridgehead atoms. The van der Waals surface area contributed by atoms with Crippen LogP contribution in [0.5, 0.6) is 11.5 Å². The van der Waals surface area contributed by atoms with Crippen LogP contribution in [0.2, 0.25) is 0 Å². The fourth-order valence-electron chi connectivity index (χ4n) is 2.18. The van der Waals surface area contributed by atoms with E-state index in [2.05, 4.69) is 5.32 Å². The zero-order valence-electron chi connectivity index (χ0n) is 13.9. The number of ether oxygens (including phenoxy) is 2. The van der Waals surface area contributed by atoms with E-state index < -0.39 is 0 Å². The maximum atomic E-state index is 12.1. The number of hydrogen-bond donors (Lipinski definition) is 1. The van der Waals surface area contributed by atoms with Gasteiger partial charge in [-0.05, 0) is 56.7 Å². The molecule has 0 aromatic heterocycles. The Hall–Kier alpha value is -2.49. The summed E-state index contributed by atoms with van der Waals surface area (Å²) < 4.78 is 11.1. The third-order valence-corrected chi connectivity index (χ3v) is 3.41. The van der Waals surface area contributed by atoms with Gasteiger partial charge in [-0.1, -0.05) is 17.7 Å². The Kier molecular flexibility index (Phi) is 6.03. The van der Waals surface area contributed by atoms with E-state index in [9.17, 15) is 4.79 Å². The van der Waals surface area contributed by atoms with Crippen molar-refractivity contribution in [3.05, 3.63) is 59.2 Å². The summed E-state index contributed by atoms with van der Waals surface area (Å²) in [5.74, 6) is 1.51. The lowest BCUT2D eigenvalue weighted by Gasteiger charge is -2.10. The first-order valence-corrected chi connectivity index (χ1v) is 7.81. The number of benzene rings is 2. The highest BCUT2D eigenvalue weighted by atomic mass is 16.5. The van der Waals surface area contributed by atoms with Crippen LogP contribution in [0.1, 0.15) is 28.4 Å². The van der Waals surface area contributed by atoms with Gasteiger partial charge in [-0.2, -0.15) is 0 Å². The van der Waals surface area contributed by atoms with Crippen molar-refractivity contribution in [1.29, 1.82) is 0 Å². The monoisotopic (exact) mass is 313 g/mol. The van der Waals surface area contributed by atoms with E-state index >= 15 is 0 Å². The van der Waals surface area contributed by atoms with Crippen molar-refractivity contribution < 1.29 is 14.3 Å². The molecular weight excluding hydrogens is 290 g/mol. The number of nitrogens with one attached hydrogen (secondary N) is 1. The van der Waals surface area contributed by atoms with Crippen LogP contribution in [-0.2, 0) is 0 Å². The second-order valence-corrected chi connectivity index (χ2v) is 5.33. The molecule has 4 heteroatoms. The first-order chi connectivity index (χ1) is 11.1. The van der Waals surface area contributed by atoms with Gasteiger partial charge >= 0.3 is 0 Å².